The maximum Gasteiger partial charge on any atom is 0.227 e. The quantitative estimate of drug-likeness (QED) is 0.705. The molecule has 1 aromatic carbocycles. The number of aryl methyl sites for hydroxylation is 1. The summed E-state index contributed by atoms with van der Waals surface area (Å²) in [6, 6.07) is 8.32. The van der Waals surface area contributed by atoms with Crippen LogP contribution in [0.1, 0.15) is 10.4 Å². The highest BCUT2D eigenvalue weighted by molar-refractivity contribution is 8.00. The van der Waals surface area contributed by atoms with Crippen molar-refractivity contribution in [3.05, 3.63) is 47.1 Å². The molecule has 4 rings (SSSR count). The minimum atomic E-state index is 0.597. The highest BCUT2D eigenvalue weighted by Crippen LogP contribution is 2.34. The van der Waals surface area contributed by atoms with Gasteiger partial charge in [0.05, 0.1) is 5.69 Å². The van der Waals surface area contributed by atoms with Crippen LogP contribution in [0.4, 0.5) is 17.3 Å². The number of nitrogens with one attached hydrogen (secondary N) is 1. The van der Waals surface area contributed by atoms with Crippen molar-refractivity contribution in [2.45, 2.75) is 13.3 Å². The van der Waals surface area contributed by atoms with Gasteiger partial charge in [-0.15, -0.1) is 11.3 Å². The molecule has 0 saturated heterocycles. The van der Waals surface area contributed by atoms with Gasteiger partial charge in [-0.2, -0.15) is 0 Å². The van der Waals surface area contributed by atoms with Crippen LogP contribution in [0.25, 0.3) is 10.7 Å². The van der Waals surface area contributed by atoms with Crippen LogP contribution in [-0.2, 0) is 6.42 Å². The van der Waals surface area contributed by atoms with Gasteiger partial charge < -0.3 is 9.62 Å². The number of hydrogen-bond acceptors (Lipinski definition) is 7. The van der Waals surface area contributed by atoms with Crippen molar-refractivity contribution in [2.75, 3.05) is 22.4 Å². The molecule has 0 unspecified atom stereocenters. The molecule has 1 aliphatic rings. The first-order chi connectivity index (χ1) is 11.7. The Morgan fingerprint density at radius 3 is 2.96 bits per heavy atom. The lowest BCUT2D eigenvalue weighted by atomic mass is 10.1. The Morgan fingerprint density at radius 2 is 2.17 bits per heavy atom. The molecule has 0 bridgehead atoms. The third-order valence-corrected chi connectivity index (χ3v) is 5.66. The third kappa shape index (κ3) is 2.97. The number of nitrogens with zero attached hydrogens (tertiary/aromatic N) is 4. The zero-order valence-electron chi connectivity index (χ0n) is 13.5. The van der Waals surface area contributed by atoms with Crippen LogP contribution < -0.4 is 9.62 Å². The molecule has 1 aliphatic heterocycles. The Balaban J connectivity index is 1.58. The first kappa shape index (κ1) is 15.4. The molecule has 0 radical (unpaired) electrons. The summed E-state index contributed by atoms with van der Waals surface area (Å²) in [6.45, 7) is 3.11. The number of thiazole rings is 1. The van der Waals surface area contributed by atoms with E-state index in [1.807, 2.05) is 19.2 Å². The molecule has 0 spiro atoms. The van der Waals surface area contributed by atoms with Crippen molar-refractivity contribution in [2.24, 2.45) is 0 Å². The van der Waals surface area contributed by atoms with E-state index in [1.54, 1.807) is 29.5 Å². The van der Waals surface area contributed by atoms with Gasteiger partial charge in [0.25, 0.3) is 0 Å². The van der Waals surface area contributed by atoms with Crippen molar-refractivity contribution in [3.8, 4) is 10.7 Å². The van der Waals surface area contributed by atoms with Crippen molar-refractivity contribution < 1.29 is 0 Å². The molecule has 1 N–H and O–H groups in total. The van der Waals surface area contributed by atoms with E-state index in [0.717, 1.165) is 29.4 Å². The zero-order chi connectivity index (χ0) is 16.5. The fraction of sp³-hybridized carbons (Fsp3) is 0.235. The van der Waals surface area contributed by atoms with Crippen molar-refractivity contribution in [1.29, 1.82) is 0 Å². The lowest BCUT2D eigenvalue weighted by molar-refractivity contribution is 1.06. The second kappa shape index (κ2) is 6.41. The lowest BCUT2D eigenvalue weighted by Gasteiger charge is -2.15. The molecule has 3 aromatic rings. The van der Waals surface area contributed by atoms with Gasteiger partial charge in [0, 0.05) is 35.8 Å². The molecular formula is C17H17N5S2. The van der Waals surface area contributed by atoms with Crippen molar-refractivity contribution in [3.63, 3.8) is 0 Å². The Morgan fingerprint density at radius 1 is 1.25 bits per heavy atom. The molecule has 2 aromatic heterocycles. The zero-order valence-corrected chi connectivity index (χ0v) is 15.1. The summed E-state index contributed by atoms with van der Waals surface area (Å²) < 4.78 is 2.32. The number of benzene rings is 1. The predicted octanol–water partition coefficient (Wildman–Crippen LogP) is 4.29. The Labute approximate surface area is 149 Å². The molecule has 7 heteroatoms. The van der Waals surface area contributed by atoms with Crippen molar-refractivity contribution in [1.82, 2.24) is 15.0 Å². The minimum absolute atomic E-state index is 0.597. The van der Waals surface area contributed by atoms with Crippen LogP contribution in [0.2, 0.25) is 0 Å². The average molecular weight is 355 g/mol. The summed E-state index contributed by atoms with van der Waals surface area (Å²) in [6.07, 6.45) is 6.82. The highest BCUT2D eigenvalue weighted by atomic mass is 32.2. The van der Waals surface area contributed by atoms with Crippen LogP contribution in [0, 0.1) is 6.92 Å². The average Bonchev–Trinajstić information content (AvgIpc) is 3.20. The van der Waals surface area contributed by atoms with Gasteiger partial charge >= 0.3 is 0 Å². The highest BCUT2D eigenvalue weighted by Gasteiger charge is 2.18. The first-order valence-corrected chi connectivity index (χ1v) is 9.70. The standard InChI is InChI=1S/C17H17N5S2/c1-11-10-19-16(24-11)14-5-7-18-17(21-14)20-13-3-4-15-12(9-13)6-8-22(15)23-2/h3-5,7,9-10H,6,8H2,1-2H3,(H,18,20,21). The molecule has 0 fully saturated rings. The number of aromatic nitrogens is 3. The Hall–Kier alpha value is -2.12. The topological polar surface area (TPSA) is 53.9 Å². The summed E-state index contributed by atoms with van der Waals surface area (Å²) in [5.74, 6) is 0.597. The van der Waals surface area contributed by atoms with E-state index in [-0.39, 0.29) is 0 Å². The number of fused-ring (bicyclic) bond motifs is 1. The molecule has 122 valence electrons. The smallest absolute Gasteiger partial charge is 0.227 e. The van der Waals surface area contributed by atoms with Crippen LogP contribution in [0.3, 0.4) is 0 Å². The minimum Gasteiger partial charge on any atom is -0.324 e. The summed E-state index contributed by atoms with van der Waals surface area (Å²) >= 11 is 3.41. The van der Waals surface area contributed by atoms with E-state index in [0.29, 0.717) is 5.95 Å². The summed E-state index contributed by atoms with van der Waals surface area (Å²) in [5, 5.41) is 4.23. The van der Waals surface area contributed by atoms with E-state index in [4.69, 9.17) is 0 Å². The van der Waals surface area contributed by atoms with Gasteiger partial charge in [0.2, 0.25) is 5.95 Å². The van der Waals surface area contributed by atoms with E-state index < -0.39 is 0 Å². The fourth-order valence-corrected chi connectivity index (χ4v) is 4.16. The molecule has 0 atom stereocenters. The number of rotatable bonds is 4. The van der Waals surface area contributed by atoms with Crippen molar-refractivity contribution >= 4 is 40.6 Å². The largest absolute Gasteiger partial charge is 0.324 e. The molecule has 0 saturated carbocycles. The van der Waals surface area contributed by atoms with Crippen LogP contribution >= 0.6 is 23.3 Å². The molecule has 24 heavy (non-hydrogen) atoms. The van der Waals surface area contributed by atoms with Gasteiger partial charge in [-0.05, 0) is 43.2 Å². The number of anilines is 3. The van der Waals surface area contributed by atoms with E-state index >= 15 is 0 Å². The molecule has 3 heterocycles. The van der Waals surface area contributed by atoms with Gasteiger partial charge in [0.15, 0.2) is 0 Å². The second-order valence-electron chi connectivity index (χ2n) is 5.54. The molecular weight excluding hydrogens is 338 g/mol. The second-order valence-corrected chi connectivity index (χ2v) is 7.59. The first-order valence-electron chi connectivity index (χ1n) is 7.70. The molecule has 0 amide bonds. The van der Waals surface area contributed by atoms with E-state index in [1.165, 1.54) is 16.1 Å². The lowest BCUT2D eigenvalue weighted by Crippen LogP contribution is -2.08. The fourth-order valence-electron chi connectivity index (χ4n) is 2.78. The van der Waals surface area contributed by atoms with Crippen LogP contribution in [-0.4, -0.2) is 27.8 Å². The SMILES string of the molecule is CSN1CCc2cc(Nc3nccc(-c4ncc(C)s4)n3)ccc21. The third-order valence-electron chi connectivity index (χ3n) is 3.90. The Kier molecular flexibility index (Phi) is 4.12. The van der Waals surface area contributed by atoms with Gasteiger partial charge in [-0.3, -0.25) is 0 Å². The van der Waals surface area contributed by atoms with E-state index in [9.17, 15) is 0 Å². The monoisotopic (exact) mass is 355 g/mol. The molecule has 5 nitrogen and oxygen atoms in total. The van der Waals surface area contributed by atoms with Gasteiger partial charge in [-0.25, -0.2) is 15.0 Å². The maximum atomic E-state index is 4.59. The predicted molar refractivity (Wildman–Crippen MR) is 102 cm³/mol. The number of hydrogen-bond donors (Lipinski definition) is 1. The van der Waals surface area contributed by atoms with Gasteiger partial charge in [-0.1, -0.05) is 11.9 Å². The normalized spacial score (nSPS) is 13.2. The maximum absolute atomic E-state index is 4.59. The Bertz CT molecular complexity index is 877. The van der Waals surface area contributed by atoms with E-state index in [2.05, 4.69) is 49.0 Å². The summed E-state index contributed by atoms with van der Waals surface area (Å²) in [4.78, 5) is 14.5. The molecule has 0 aliphatic carbocycles. The van der Waals surface area contributed by atoms with Crippen LogP contribution in [0.5, 0.6) is 0 Å². The summed E-state index contributed by atoms with van der Waals surface area (Å²) in [5.41, 5.74) is 4.53. The van der Waals surface area contributed by atoms with Crippen LogP contribution in [0.15, 0.2) is 36.7 Å². The van der Waals surface area contributed by atoms with Gasteiger partial charge in [0.1, 0.15) is 10.7 Å². The summed E-state index contributed by atoms with van der Waals surface area (Å²) in [7, 11) is 0.